The molecule has 20 heavy (non-hydrogen) atoms. The number of rotatable bonds is 5. The van der Waals surface area contributed by atoms with Crippen molar-refractivity contribution in [2.24, 2.45) is 7.05 Å². The van der Waals surface area contributed by atoms with Crippen molar-refractivity contribution in [2.45, 2.75) is 33.2 Å². The van der Waals surface area contributed by atoms with Crippen molar-refractivity contribution >= 4 is 11.6 Å². The van der Waals surface area contributed by atoms with Crippen molar-refractivity contribution in [2.75, 3.05) is 6.54 Å². The highest BCUT2D eigenvalue weighted by Gasteiger charge is 2.22. The second-order valence-electron chi connectivity index (χ2n) is 5.12. The van der Waals surface area contributed by atoms with Crippen molar-refractivity contribution < 1.29 is 0 Å². The van der Waals surface area contributed by atoms with Gasteiger partial charge in [0.1, 0.15) is 0 Å². The Morgan fingerprint density at radius 3 is 2.55 bits per heavy atom. The molecule has 3 nitrogen and oxygen atoms in total. The Hall–Kier alpha value is -1.32. The van der Waals surface area contributed by atoms with Crippen LogP contribution in [0.5, 0.6) is 0 Å². The van der Waals surface area contributed by atoms with Gasteiger partial charge in [0, 0.05) is 23.3 Å². The van der Waals surface area contributed by atoms with Crippen LogP contribution >= 0.6 is 11.6 Å². The van der Waals surface area contributed by atoms with Gasteiger partial charge in [-0.1, -0.05) is 36.7 Å². The molecule has 0 aliphatic carbocycles. The maximum Gasteiger partial charge on any atom is 0.0647 e. The number of halogens is 1. The zero-order chi connectivity index (χ0) is 14.7. The third-order valence-electron chi connectivity index (χ3n) is 3.67. The zero-order valence-corrected chi connectivity index (χ0v) is 13.3. The summed E-state index contributed by atoms with van der Waals surface area (Å²) >= 11 is 6.39. The molecule has 0 aliphatic heterocycles. The molecule has 2 rings (SSSR count). The van der Waals surface area contributed by atoms with Crippen molar-refractivity contribution in [3.8, 4) is 0 Å². The number of aromatic nitrogens is 2. The van der Waals surface area contributed by atoms with E-state index in [2.05, 4.69) is 37.3 Å². The van der Waals surface area contributed by atoms with Gasteiger partial charge in [0.05, 0.1) is 11.7 Å². The summed E-state index contributed by atoms with van der Waals surface area (Å²) in [5, 5.41) is 8.92. The van der Waals surface area contributed by atoms with E-state index >= 15 is 0 Å². The molecule has 1 aromatic carbocycles. The van der Waals surface area contributed by atoms with Crippen LogP contribution in [-0.2, 0) is 7.05 Å². The molecule has 1 atom stereocenters. The second-order valence-corrected chi connectivity index (χ2v) is 5.52. The van der Waals surface area contributed by atoms with Gasteiger partial charge in [-0.3, -0.25) is 4.68 Å². The van der Waals surface area contributed by atoms with Gasteiger partial charge >= 0.3 is 0 Å². The molecule has 0 fully saturated rings. The van der Waals surface area contributed by atoms with Crippen molar-refractivity contribution in [1.82, 2.24) is 15.1 Å². The van der Waals surface area contributed by atoms with E-state index in [-0.39, 0.29) is 6.04 Å². The van der Waals surface area contributed by atoms with Crippen molar-refractivity contribution in [1.29, 1.82) is 0 Å². The van der Waals surface area contributed by atoms with Crippen LogP contribution in [0.15, 0.2) is 24.3 Å². The molecule has 2 aromatic rings. The first-order valence-electron chi connectivity index (χ1n) is 7.04. The van der Waals surface area contributed by atoms with Crippen LogP contribution < -0.4 is 5.32 Å². The highest BCUT2D eigenvalue weighted by molar-refractivity contribution is 6.31. The van der Waals surface area contributed by atoms with Crippen LogP contribution in [0, 0.1) is 13.8 Å². The third-order valence-corrected chi connectivity index (χ3v) is 4.01. The lowest BCUT2D eigenvalue weighted by Crippen LogP contribution is -2.24. The lowest BCUT2D eigenvalue weighted by Gasteiger charge is -2.21. The third kappa shape index (κ3) is 2.89. The Morgan fingerprint density at radius 1 is 1.30 bits per heavy atom. The van der Waals surface area contributed by atoms with Crippen molar-refractivity contribution in [3.05, 3.63) is 51.8 Å². The molecular weight excluding hydrogens is 270 g/mol. The standard InChI is InChI=1S/C16H22ClN3/c1-5-10-18-16(13-8-6-7-9-14(13)17)15-11(2)19-20(4)12(15)3/h6-9,16,18H,5,10H2,1-4H3. The van der Waals surface area contributed by atoms with Crippen LogP contribution in [0.1, 0.15) is 41.9 Å². The predicted molar refractivity (Wildman–Crippen MR) is 84.3 cm³/mol. The van der Waals surface area contributed by atoms with E-state index in [0.29, 0.717) is 0 Å². The quantitative estimate of drug-likeness (QED) is 0.908. The average molecular weight is 292 g/mol. The summed E-state index contributed by atoms with van der Waals surface area (Å²) in [6.07, 6.45) is 1.08. The molecule has 1 unspecified atom stereocenters. The number of aryl methyl sites for hydroxylation is 2. The van der Waals surface area contributed by atoms with Gasteiger partial charge in [0.25, 0.3) is 0 Å². The summed E-state index contributed by atoms with van der Waals surface area (Å²) in [6, 6.07) is 8.12. The Bertz CT molecular complexity index is 589. The lowest BCUT2D eigenvalue weighted by molar-refractivity contribution is 0.593. The van der Waals surface area contributed by atoms with Gasteiger partial charge < -0.3 is 5.32 Å². The van der Waals surface area contributed by atoms with Crippen LogP contribution in [0.4, 0.5) is 0 Å². The van der Waals surface area contributed by atoms with E-state index in [4.69, 9.17) is 11.6 Å². The summed E-state index contributed by atoms with van der Waals surface area (Å²) in [5.41, 5.74) is 4.57. The molecule has 0 aliphatic rings. The molecule has 0 spiro atoms. The molecule has 0 saturated carbocycles. The van der Waals surface area contributed by atoms with E-state index in [1.807, 2.05) is 29.9 Å². The molecule has 0 amide bonds. The first kappa shape index (κ1) is 15.1. The van der Waals surface area contributed by atoms with Gasteiger partial charge in [-0.2, -0.15) is 5.10 Å². The monoisotopic (exact) mass is 291 g/mol. The van der Waals surface area contributed by atoms with E-state index < -0.39 is 0 Å². The van der Waals surface area contributed by atoms with Crippen LogP contribution in [-0.4, -0.2) is 16.3 Å². The molecule has 0 bridgehead atoms. The molecule has 108 valence electrons. The highest BCUT2D eigenvalue weighted by atomic mass is 35.5. The SMILES string of the molecule is CCCNC(c1ccccc1Cl)c1c(C)nn(C)c1C. The van der Waals surface area contributed by atoms with E-state index in [1.165, 1.54) is 11.3 Å². The largest absolute Gasteiger partial charge is 0.306 e. The van der Waals surface area contributed by atoms with E-state index in [1.54, 1.807) is 0 Å². The van der Waals surface area contributed by atoms with Gasteiger partial charge in [0.15, 0.2) is 0 Å². The first-order valence-corrected chi connectivity index (χ1v) is 7.42. The summed E-state index contributed by atoms with van der Waals surface area (Å²) in [5.74, 6) is 0. The molecular formula is C16H22ClN3. The Kier molecular flexibility index (Phi) is 4.84. The Balaban J connectivity index is 2.50. The maximum absolute atomic E-state index is 6.39. The fourth-order valence-corrected chi connectivity index (χ4v) is 2.82. The van der Waals surface area contributed by atoms with E-state index in [0.717, 1.165) is 29.2 Å². The lowest BCUT2D eigenvalue weighted by atomic mass is 9.96. The van der Waals surface area contributed by atoms with Gasteiger partial charge in [-0.25, -0.2) is 0 Å². The topological polar surface area (TPSA) is 29.9 Å². The summed E-state index contributed by atoms with van der Waals surface area (Å²) in [7, 11) is 1.98. The fourth-order valence-electron chi connectivity index (χ4n) is 2.57. The van der Waals surface area contributed by atoms with Crippen LogP contribution in [0.3, 0.4) is 0 Å². The molecule has 4 heteroatoms. The van der Waals surface area contributed by atoms with E-state index in [9.17, 15) is 0 Å². The minimum absolute atomic E-state index is 0.0948. The predicted octanol–water partition coefficient (Wildman–Crippen LogP) is 3.78. The molecule has 0 saturated heterocycles. The molecule has 1 aromatic heterocycles. The smallest absolute Gasteiger partial charge is 0.0647 e. The zero-order valence-electron chi connectivity index (χ0n) is 12.6. The number of nitrogens with one attached hydrogen (secondary N) is 1. The molecule has 1 heterocycles. The first-order chi connectivity index (χ1) is 9.56. The summed E-state index contributed by atoms with van der Waals surface area (Å²) in [6.45, 7) is 7.27. The maximum atomic E-state index is 6.39. The molecule has 0 radical (unpaired) electrons. The molecule has 1 N–H and O–H groups in total. The minimum atomic E-state index is 0.0948. The number of nitrogens with zero attached hydrogens (tertiary/aromatic N) is 2. The number of hydrogen-bond donors (Lipinski definition) is 1. The summed E-state index contributed by atoms with van der Waals surface area (Å²) in [4.78, 5) is 0. The fraction of sp³-hybridized carbons (Fsp3) is 0.438. The normalized spacial score (nSPS) is 12.7. The second kappa shape index (κ2) is 6.42. The Labute approximate surface area is 126 Å². The van der Waals surface area contributed by atoms with Gasteiger partial charge in [-0.15, -0.1) is 0 Å². The van der Waals surface area contributed by atoms with Crippen LogP contribution in [0.25, 0.3) is 0 Å². The van der Waals surface area contributed by atoms with Crippen molar-refractivity contribution in [3.63, 3.8) is 0 Å². The number of hydrogen-bond acceptors (Lipinski definition) is 2. The Morgan fingerprint density at radius 2 is 2.00 bits per heavy atom. The number of benzene rings is 1. The average Bonchev–Trinajstić information content (AvgIpc) is 2.67. The van der Waals surface area contributed by atoms with Gasteiger partial charge in [-0.05, 0) is 38.4 Å². The minimum Gasteiger partial charge on any atom is -0.306 e. The van der Waals surface area contributed by atoms with Crippen LogP contribution in [0.2, 0.25) is 5.02 Å². The van der Waals surface area contributed by atoms with Gasteiger partial charge in [0.2, 0.25) is 0 Å². The summed E-state index contributed by atoms with van der Waals surface area (Å²) < 4.78 is 1.93. The highest BCUT2D eigenvalue weighted by Crippen LogP contribution is 2.31.